The van der Waals surface area contributed by atoms with Gasteiger partial charge in [0.05, 0.1) is 13.0 Å². The highest BCUT2D eigenvalue weighted by atomic mass is 16.5. The fraction of sp³-hybridized carbons (Fsp3) is 0.226. The topological polar surface area (TPSA) is 67.4 Å². The lowest BCUT2D eigenvalue weighted by molar-refractivity contribution is -0.117. The van der Waals surface area contributed by atoms with E-state index < -0.39 is 0 Å². The number of carbonyl (C=O) groups excluding carboxylic acids is 2. The van der Waals surface area contributed by atoms with Gasteiger partial charge in [-0.3, -0.25) is 9.59 Å². The molecule has 36 heavy (non-hydrogen) atoms. The molecule has 0 saturated carbocycles. The van der Waals surface area contributed by atoms with Crippen LogP contribution >= 0.6 is 0 Å². The number of hydrogen-bond donors (Lipinski definition) is 2. The highest BCUT2D eigenvalue weighted by Gasteiger charge is 2.17. The van der Waals surface area contributed by atoms with Crippen molar-refractivity contribution in [2.24, 2.45) is 0 Å². The number of anilines is 2. The molecule has 0 heterocycles. The van der Waals surface area contributed by atoms with E-state index in [9.17, 15) is 9.59 Å². The number of ether oxygens (including phenoxy) is 1. The van der Waals surface area contributed by atoms with Crippen molar-refractivity contribution < 1.29 is 14.3 Å². The van der Waals surface area contributed by atoms with Gasteiger partial charge in [0.1, 0.15) is 5.75 Å². The number of nitrogens with one attached hydrogen (secondary N) is 2. The molecule has 2 N–H and O–H groups in total. The summed E-state index contributed by atoms with van der Waals surface area (Å²) in [6, 6.07) is 26.7. The van der Waals surface area contributed by atoms with Gasteiger partial charge in [0.25, 0.3) is 5.91 Å². The first kappa shape index (κ1) is 25.0. The zero-order valence-electron chi connectivity index (χ0n) is 21.4. The third kappa shape index (κ3) is 5.74. The number of carbonyl (C=O) groups is 2. The van der Waals surface area contributed by atoms with Crippen molar-refractivity contribution in [3.63, 3.8) is 0 Å². The summed E-state index contributed by atoms with van der Waals surface area (Å²) in [5.41, 5.74) is 4.09. The van der Waals surface area contributed by atoms with Crippen LogP contribution in [0.1, 0.15) is 55.1 Å². The Bertz CT molecular complexity index is 1380. The summed E-state index contributed by atoms with van der Waals surface area (Å²) in [7, 11) is 1.65. The average Bonchev–Trinajstić information content (AvgIpc) is 2.88. The fourth-order valence-electron chi connectivity index (χ4n) is 4.00. The minimum atomic E-state index is -0.327. The second kappa shape index (κ2) is 10.2. The Morgan fingerprint density at radius 2 is 1.33 bits per heavy atom. The van der Waals surface area contributed by atoms with Gasteiger partial charge in [0.2, 0.25) is 5.91 Å². The van der Waals surface area contributed by atoms with E-state index in [4.69, 9.17) is 4.74 Å². The van der Waals surface area contributed by atoms with Gasteiger partial charge in [0.15, 0.2) is 0 Å². The van der Waals surface area contributed by atoms with Crippen LogP contribution in [0.25, 0.3) is 10.8 Å². The van der Waals surface area contributed by atoms with Gasteiger partial charge >= 0.3 is 0 Å². The summed E-state index contributed by atoms with van der Waals surface area (Å²) in [5, 5.41) is 8.00. The molecule has 4 aromatic rings. The minimum Gasteiger partial charge on any atom is -0.497 e. The fourth-order valence-corrected chi connectivity index (χ4v) is 4.00. The smallest absolute Gasteiger partial charge is 0.255 e. The van der Waals surface area contributed by atoms with Crippen molar-refractivity contribution in [1.82, 2.24) is 0 Å². The molecular formula is C31H32N2O3. The summed E-state index contributed by atoms with van der Waals surface area (Å²) < 4.78 is 5.28. The van der Waals surface area contributed by atoms with Gasteiger partial charge < -0.3 is 15.4 Å². The minimum absolute atomic E-state index is 0.0369. The van der Waals surface area contributed by atoms with Crippen molar-refractivity contribution in [3.8, 4) is 5.75 Å². The van der Waals surface area contributed by atoms with E-state index in [0.717, 1.165) is 22.1 Å². The molecule has 0 bridgehead atoms. The first-order valence-corrected chi connectivity index (χ1v) is 12.0. The Balaban J connectivity index is 1.38. The van der Waals surface area contributed by atoms with E-state index in [0.29, 0.717) is 16.9 Å². The molecule has 0 radical (unpaired) electrons. The van der Waals surface area contributed by atoms with Gasteiger partial charge in [-0.25, -0.2) is 0 Å². The Hall–Kier alpha value is -4.12. The Morgan fingerprint density at radius 1 is 0.750 bits per heavy atom. The summed E-state index contributed by atoms with van der Waals surface area (Å²) in [5.74, 6) is 0.208. The molecule has 1 atom stereocenters. The van der Waals surface area contributed by atoms with E-state index in [1.807, 2.05) is 67.6 Å². The van der Waals surface area contributed by atoms with Crippen LogP contribution in [0.3, 0.4) is 0 Å². The molecule has 0 unspecified atom stereocenters. The zero-order valence-corrected chi connectivity index (χ0v) is 21.4. The van der Waals surface area contributed by atoms with Crippen LogP contribution in [-0.4, -0.2) is 18.9 Å². The Morgan fingerprint density at radius 3 is 1.94 bits per heavy atom. The number of rotatable bonds is 6. The summed E-state index contributed by atoms with van der Waals surface area (Å²) >= 11 is 0. The standard InChI is InChI=1S/C31H32N2O3/c1-20(22-6-7-24-19-28(36-5)17-10-23(24)18-22)29(34)32-26-13-15-27(16-14-26)33-30(35)21-8-11-25(12-9-21)31(2,3)4/h6-20H,1-5H3,(H,32,34)(H,33,35)/t20-/m0/s1. The molecule has 0 aromatic heterocycles. The highest BCUT2D eigenvalue weighted by molar-refractivity contribution is 6.04. The number of benzene rings is 4. The van der Waals surface area contributed by atoms with Crippen LogP contribution in [-0.2, 0) is 10.2 Å². The number of hydrogen-bond acceptors (Lipinski definition) is 3. The van der Waals surface area contributed by atoms with E-state index in [1.165, 1.54) is 5.56 Å². The van der Waals surface area contributed by atoms with Crippen molar-refractivity contribution in [2.75, 3.05) is 17.7 Å². The maximum absolute atomic E-state index is 12.9. The maximum atomic E-state index is 12.9. The van der Waals surface area contributed by atoms with Crippen molar-refractivity contribution in [3.05, 3.63) is 102 Å². The highest BCUT2D eigenvalue weighted by Crippen LogP contribution is 2.26. The lowest BCUT2D eigenvalue weighted by atomic mass is 9.87. The van der Waals surface area contributed by atoms with Gasteiger partial charge in [0, 0.05) is 16.9 Å². The molecule has 5 nitrogen and oxygen atoms in total. The number of methoxy groups -OCH3 is 1. The summed E-state index contributed by atoms with van der Waals surface area (Å²) in [6.45, 7) is 8.31. The van der Waals surface area contributed by atoms with E-state index in [2.05, 4.69) is 31.4 Å². The monoisotopic (exact) mass is 480 g/mol. The predicted octanol–water partition coefficient (Wildman–Crippen LogP) is 7.14. The van der Waals surface area contributed by atoms with Crippen molar-refractivity contribution in [2.45, 2.75) is 39.0 Å². The molecule has 4 rings (SSSR count). The molecule has 0 fully saturated rings. The van der Waals surface area contributed by atoms with Gasteiger partial charge in [-0.1, -0.05) is 57.2 Å². The molecule has 2 amide bonds. The van der Waals surface area contributed by atoms with E-state index in [-0.39, 0.29) is 23.1 Å². The van der Waals surface area contributed by atoms with E-state index in [1.54, 1.807) is 31.4 Å². The van der Waals surface area contributed by atoms with Gasteiger partial charge in [-0.15, -0.1) is 0 Å². The third-order valence-corrected chi connectivity index (χ3v) is 6.39. The first-order valence-electron chi connectivity index (χ1n) is 12.0. The molecule has 0 aliphatic carbocycles. The normalized spacial score (nSPS) is 12.1. The predicted molar refractivity (Wildman–Crippen MR) is 147 cm³/mol. The van der Waals surface area contributed by atoms with Gasteiger partial charge in [-0.05, 0) is 82.8 Å². The van der Waals surface area contributed by atoms with E-state index >= 15 is 0 Å². The Labute approximate surface area is 212 Å². The lowest BCUT2D eigenvalue weighted by Gasteiger charge is -2.19. The van der Waals surface area contributed by atoms with Crippen LogP contribution in [0.4, 0.5) is 11.4 Å². The second-order valence-corrected chi connectivity index (χ2v) is 10.0. The van der Waals surface area contributed by atoms with Crippen LogP contribution in [0, 0.1) is 0 Å². The van der Waals surface area contributed by atoms with Crippen LogP contribution < -0.4 is 15.4 Å². The SMILES string of the molecule is COc1ccc2cc([C@H](C)C(=O)Nc3ccc(NC(=O)c4ccc(C(C)(C)C)cc4)cc3)ccc2c1. The molecule has 0 aliphatic rings. The van der Waals surface area contributed by atoms with Crippen LogP contribution in [0.5, 0.6) is 5.75 Å². The molecular weight excluding hydrogens is 448 g/mol. The average molecular weight is 481 g/mol. The largest absolute Gasteiger partial charge is 0.497 e. The number of fused-ring (bicyclic) bond motifs is 1. The maximum Gasteiger partial charge on any atom is 0.255 e. The van der Waals surface area contributed by atoms with Crippen LogP contribution in [0.2, 0.25) is 0 Å². The molecule has 0 aliphatic heterocycles. The summed E-state index contributed by atoms with van der Waals surface area (Å²) in [4.78, 5) is 25.5. The van der Waals surface area contributed by atoms with Crippen LogP contribution in [0.15, 0.2) is 84.9 Å². The quantitative estimate of drug-likeness (QED) is 0.308. The summed E-state index contributed by atoms with van der Waals surface area (Å²) in [6.07, 6.45) is 0. The third-order valence-electron chi connectivity index (χ3n) is 6.39. The zero-order chi connectivity index (χ0) is 25.9. The first-order chi connectivity index (χ1) is 17.1. The molecule has 5 heteroatoms. The lowest BCUT2D eigenvalue weighted by Crippen LogP contribution is -2.19. The molecule has 184 valence electrons. The molecule has 0 saturated heterocycles. The second-order valence-electron chi connectivity index (χ2n) is 10.0. The van der Waals surface area contributed by atoms with Crippen molar-refractivity contribution >= 4 is 34.0 Å². The molecule has 0 spiro atoms. The Kier molecular flexibility index (Phi) is 7.11. The van der Waals surface area contributed by atoms with Gasteiger partial charge in [-0.2, -0.15) is 0 Å². The number of amides is 2. The van der Waals surface area contributed by atoms with Crippen molar-refractivity contribution in [1.29, 1.82) is 0 Å². The molecule has 4 aromatic carbocycles.